The third kappa shape index (κ3) is 4.04. The Bertz CT molecular complexity index is 522. The van der Waals surface area contributed by atoms with Gasteiger partial charge in [-0.25, -0.2) is 4.79 Å². The van der Waals surface area contributed by atoms with E-state index >= 15 is 0 Å². The molecule has 0 unspecified atom stereocenters. The van der Waals surface area contributed by atoms with E-state index in [1.54, 1.807) is 18.2 Å². The van der Waals surface area contributed by atoms with Crippen molar-refractivity contribution in [3.63, 3.8) is 0 Å². The molecule has 4 N–H and O–H groups in total. The van der Waals surface area contributed by atoms with Gasteiger partial charge in [0.25, 0.3) is 0 Å². The van der Waals surface area contributed by atoms with Crippen LogP contribution in [0.5, 0.6) is 0 Å². The second-order valence-electron chi connectivity index (χ2n) is 5.73. The van der Waals surface area contributed by atoms with E-state index in [9.17, 15) is 9.59 Å². The number of carboxylic acids is 1. The monoisotopic (exact) mass is 290 g/mol. The molecule has 0 aromatic heterocycles. The van der Waals surface area contributed by atoms with Crippen molar-refractivity contribution in [1.82, 2.24) is 5.32 Å². The van der Waals surface area contributed by atoms with Gasteiger partial charge >= 0.3 is 5.97 Å². The fourth-order valence-electron chi connectivity index (χ4n) is 2.77. The summed E-state index contributed by atoms with van der Waals surface area (Å²) in [5.41, 5.74) is 6.59. The molecule has 2 rings (SSSR count). The van der Waals surface area contributed by atoms with Crippen molar-refractivity contribution in [3.05, 3.63) is 35.4 Å². The fraction of sp³-hybridized carbons (Fsp3) is 0.500. The number of nitrogens with one attached hydrogen (secondary N) is 1. The number of nitrogens with two attached hydrogens (primary N) is 1. The second-order valence-corrected chi connectivity index (χ2v) is 5.73. The summed E-state index contributed by atoms with van der Waals surface area (Å²) in [6, 6.07) is 6.76. The first-order valence-corrected chi connectivity index (χ1v) is 7.41. The number of carbonyl (C=O) groups excluding carboxylic acids is 1. The largest absolute Gasteiger partial charge is 0.478 e. The first-order chi connectivity index (χ1) is 10.0. The number of rotatable bonds is 5. The van der Waals surface area contributed by atoms with Crippen LogP contribution in [0.4, 0.5) is 0 Å². The van der Waals surface area contributed by atoms with E-state index in [-0.39, 0.29) is 11.5 Å². The van der Waals surface area contributed by atoms with Gasteiger partial charge in [-0.05, 0) is 37.0 Å². The van der Waals surface area contributed by atoms with E-state index < -0.39 is 11.5 Å². The lowest BCUT2D eigenvalue weighted by Gasteiger charge is -2.31. The van der Waals surface area contributed by atoms with Crippen LogP contribution in [0.2, 0.25) is 0 Å². The summed E-state index contributed by atoms with van der Waals surface area (Å²) in [4.78, 5) is 23.1. The molecular weight excluding hydrogens is 268 g/mol. The van der Waals surface area contributed by atoms with Gasteiger partial charge in [0, 0.05) is 6.54 Å². The quantitative estimate of drug-likeness (QED) is 0.769. The molecule has 0 radical (unpaired) electrons. The van der Waals surface area contributed by atoms with E-state index in [1.165, 1.54) is 0 Å². The van der Waals surface area contributed by atoms with Crippen molar-refractivity contribution < 1.29 is 14.7 Å². The molecule has 0 saturated heterocycles. The Morgan fingerprint density at radius 2 is 1.95 bits per heavy atom. The lowest BCUT2D eigenvalue weighted by molar-refractivity contribution is -0.127. The molecule has 1 aliphatic rings. The summed E-state index contributed by atoms with van der Waals surface area (Å²) in [5, 5.41) is 11.8. The van der Waals surface area contributed by atoms with Gasteiger partial charge in [-0.15, -0.1) is 0 Å². The SMILES string of the molecule is NC1(C(=O)NCCc2cccc(C(=O)O)c2)CCCCC1. The molecule has 1 aromatic rings. The first-order valence-electron chi connectivity index (χ1n) is 7.41. The second kappa shape index (κ2) is 6.72. The number of carbonyl (C=O) groups is 2. The third-order valence-corrected chi connectivity index (χ3v) is 4.07. The van der Waals surface area contributed by atoms with Crippen molar-refractivity contribution >= 4 is 11.9 Å². The number of hydrogen-bond acceptors (Lipinski definition) is 3. The number of carboxylic acid groups (broad SMARTS) is 1. The molecular formula is C16H22N2O3. The molecule has 0 aliphatic heterocycles. The highest BCUT2D eigenvalue weighted by molar-refractivity contribution is 5.87. The summed E-state index contributed by atoms with van der Waals surface area (Å²) in [5.74, 6) is -1.03. The Hall–Kier alpha value is -1.88. The average Bonchev–Trinajstić information content (AvgIpc) is 2.48. The molecule has 0 heterocycles. The molecule has 5 heteroatoms. The topological polar surface area (TPSA) is 92.4 Å². The van der Waals surface area contributed by atoms with Crippen LogP contribution in [0.25, 0.3) is 0 Å². The zero-order valence-corrected chi connectivity index (χ0v) is 12.1. The summed E-state index contributed by atoms with van der Waals surface area (Å²) in [6.07, 6.45) is 5.24. The molecule has 0 bridgehead atoms. The van der Waals surface area contributed by atoms with Gasteiger partial charge in [0.15, 0.2) is 0 Å². The van der Waals surface area contributed by atoms with Crippen LogP contribution in [0.3, 0.4) is 0 Å². The van der Waals surface area contributed by atoms with Crippen LogP contribution in [-0.4, -0.2) is 29.1 Å². The minimum absolute atomic E-state index is 0.0865. The smallest absolute Gasteiger partial charge is 0.335 e. The Kier molecular flexibility index (Phi) is 4.96. The van der Waals surface area contributed by atoms with Crippen molar-refractivity contribution in [2.75, 3.05) is 6.54 Å². The van der Waals surface area contributed by atoms with Crippen molar-refractivity contribution in [2.24, 2.45) is 5.73 Å². The van der Waals surface area contributed by atoms with Gasteiger partial charge in [0.2, 0.25) is 5.91 Å². The zero-order valence-electron chi connectivity index (χ0n) is 12.1. The van der Waals surface area contributed by atoms with Crippen LogP contribution in [0.1, 0.15) is 48.0 Å². The minimum atomic E-state index is -0.941. The third-order valence-electron chi connectivity index (χ3n) is 4.07. The fourth-order valence-corrected chi connectivity index (χ4v) is 2.77. The number of amides is 1. The molecule has 5 nitrogen and oxygen atoms in total. The van der Waals surface area contributed by atoms with E-state index in [0.717, 1.165) is 37.7 Å². The van der Waals surface area contributed by atoms with E-state index in [1.807, 2.05) is 6.07 Å². The molecule has 1 fully saturated rings. The van der Waals surface area contributed by atoms with Crippen LogP contribution < -0.4 is 11.1 Å². The minimum Gasteiger partial charge on any atom is -0.478 e. The van der Waals surface area contributed by atoms with Crippen molar-refractivity contribution in [3.8, 4) is 0 Å². The van der Waals surface area contributed by atoms with Gasteiger partial charge < -0.3 is 16.2 Å². The van der Waals surface area contributed by atoms with Gasteiger partial charge in [0.05, 0.1) is 11.1 Å². The molecule has 0 atom stereocenters. The Balaban J connectivity index is 1.85. The van der Waals surface area contributed by atoms with E-state index in [4.69, 9.17) is 10.8 Å². The molecule has 1 amide bonds. The van der Waals surface area contributed by atoms with Crippen LogP contribution in [0.15, 0.2) is 24.3 Å². The predicted octanol–water partition coefficient (Wildman–Crippen LogP) is 1.71. The maximum atomic E-state index is 12.2. The van der Waals surface area contributed by atoms with Crippen LogP contribution in [-0.2, 0) is 11.2 Å². The van der Waals surface area contributed by atoms with E-state index in [2.05, 4.69) is 5.32 Å². The zero-order chi connectivity index (χ0) is 15.3. The molecule has 1 aromatic carbocycles. The van der Waals surface area contributed by atoms with Gasteiger partial charge in [0.1, 0.15) is 0 Å². The summed E-state index contributed by atoms with van der Waals surface area (Å²) >= 11 is 0. The summed E-state index contributed by atoms with van der Waals surface area (Å²) in [6.45, 7) is 0.473. The highest BCUT2D eigenvalue weighted by Crippen LogP contribution is 2.25. The lowest BCUT2D eigenvalue weighted by atomic mass is 9.82. The van der Waals surface area contributed by atoms with Crippen LogP contribution >= 0.6 is 0 Å². The standard InChI is InChI=1S/C16H22N2O3/c17-16(8-2-1-3-9-16)15(21)18-10-7-12-5-4-6-13(11-12)14(19)20/h4-6,11H,1-3,7-10,17H2,(H,18,21)(H,19,20). The molecule has 1 aliphatic carbocycles. The van der Waals surface area contributed by atoms with Crippen molar-refractivity contribution in [2.45, 2.75) is 44.1 Å². The molecule has 21 heavy (non-hydrogen) atoms. The predicted molar refractivity (Wildman–Crippen MR) is 80.1 cm³/mol. The van der Waals surface area contributed by atoms with Crippen LogP contribution in [0, 0.1) is 0 Å². The Morgan fingerprint density at radius 1 is 1.24 bits per heavy atom. The molecule has 0 spiro atoms. The average molecular weight is 290 g/mol. The highest BCUT2D eigenvalue weighted by Gasteiger charge is 2.34. The first kappa shape index (κ1) is 15.5. The van der Waals surface area contributed by atoms with E-state index in [0.29, 0.717) is 13.0 Å². The summed E-state index contributed by atoms with van der Waals surface area (Å²) in [7, 11) is 0. The molecule has 114 valence electrons. The highest BCUT2D eigenvalue weighted by atomic mass is 16.4. The normalized spacial score (nSPS) is 17.2. The van der Waals surface area contributed by atoms with Crippen molar-refractivity contribution in [1.29, 1.82) is 0 Å². The number of benzene rings is 1. The van der Waals surface area contributed by atoms with Gasteiger partial charge in [-0.2, -0.15) is 0 Å². The lowest BCUT2D eigenvalue weighted by Crippen LogP contribution is -2.55. The molecule has 1 saturated carbocycles. The number of aromatic carboxylic acids is 1. The number of hydrogen-bond donors (Lipinski definition) is 3. The van der Waals surface area contributed by atoms with Gasteiger partial charge in [-0.1, -0.05) is 31.4 Å². The maximum Gasteiger partial charge on any atom is 0.335 e. The van der Waals surface area contributed by atoms with Gasteiger partial charge in [-0.3, -0.25) is 4.79 Å². The summed E-state index contributed by atoms with van der Waals surface area (Å²) < 4.78 is 0. The Morgan fingerprint density at radius 3 is 2.62 bits per heavy atom. The Labute approximate surface area is 124 Å². The maximum absolute atomic E-state index is 12.2.